The maximum absolute atomic E-state index is 11.2. The number of rotatable bonds is 9. The molecule has 2 aliphatic rings. The number of carbonyl (C=O) groups excluding carboxylic acids is 1. The molecule has 5 nitrogen and oxygen atoms in total. The van der Waals surface area contributed by atoms with Crippen molar-refractivity contribution in [3.8, 4) is 11.5 Å². The molecule has 152 valence electrons. The Balaban J connectivity index is 2.08. The van der Waals surface area contributed by atoms with Crippen LogP contribution in [0, 0.1) is 5.92 Å². The highest BCUT2D eigenvalue weighted by Gasteiger charge is 2.25. The molecule has 1 aliphatic heterocycles. The molecule has 1 amide bonds. The summed E-state index contributed by atoms with van der Waals surface area (Å²) in [4.78, 5) is 12.8. The summed E-state index contributed by atoms with van der Waals surface area (Å²) in [5, 5.41) is 0. The van der Waals surface area contributed by atoms with Gasteiger partial charge in [-0.2, -0.15) is 0 Å². The third kappa shape index (κ3) is 5.25. The smallest absolute Gasteiger partial charge is 0.213 e. The second-order valence-corrected chi connectivity index (χ2v) is 8.79. The number of ether oxygens (including phenoxy) is 2. The lowest BCUT2D eigenvalue weighted by atomic mass is 10.0. The molecule has 28 heavy (non-hydrogen) atoms. The number of fused-ring (bicyclic) bond motifs is 1. The first kappa shape index (κ1) is 20.6. The van der Waals surface area contributed by atoms with Gasteiger partial charge in [0.25, 0.3) is 0 Å². The Hall–Kier alpha value is -2.08. The Morgan fingerprint density at radius 2 is 2.18 bits per heavy atom. The van der Waals surface area contributed by atoms with Crippen LogP contribution in [0.3, 0.4) is 0 Å². The van der Waals surface area contributed by atoms with E-state index >= 15 is 0 Å². The topological polar surface area (TPSA) is 42.0 Å². The van der Waals surface area contributed by atoms with Crippen LogP contribution in [0.25, 0.3) is 5.57 Å². The average Bonchev–Trinajstić information content (AvgIpc) is 3.49. The fourth-order valence-corrected chi connectivity index (χ4v) is 3.89. The van der Waals surface area contributed by atoms with Crippen molar-refractivity contribution in [2.24, 2.45) is 5.92 Å². The number of amides is 1. The minimum Gasteiger partial charge on any atom is -0.493 e. The summed E-state index contributed by atoms with van der Waals surface area (Å²) >= 11 is 1.79. The molecular formula is C22H30N2O3S. The van der Waals surface area contributed by atoms with E-state index < -0.39 is 0 Å². The fraction of sp³-hybridized carbons (Fsp3) is 0.500. The second kappa shape index (κ2) is 9.41. The Kier molecular flexibility index (Phi) is 6.94. The lowest BCUT2D eigenvalue weighted by molar-refractivity contribution is -0.114. The van der Waals surface area contributed by atoms with Crippen molar-refractivity contribution in [2.45, 2.75) is 33.6 Å². The first-order valence-electron chi connectivity index (χ1n) is 9.90. The molecule has 1 fully saturated rings. The van der Waals surface area contributed by atoms with Gasteiger partial charge in [0, 0.05) is 36.2 Å². The van der Waals surface area contributed by atoms with Gasteiger partial charge in [-0.1, -0.05) is 18.6 Å². The van der Waals surface area contributed by atoms with Gasteiger partial charge in [0.2, 0.25) is 6.41 Å². The van der Waals surface area contributed by atoms with Gasteiger partial charge in [0.1, 0.15) is 18.1 Å². The maximum atomic E-state index is 11.2. The van der Waals surface area contributed by atoms with Crippen LogP contribution in [-0.4, -0.2) is 43.9 Å². The number of benzene rings is 1. The van der Waals surface area contributed by atoms with E-state index in [9.17, 15) is 4.79 Å². The van der Waals surface area contributed by atoms with Gasteiger partial charge in [-0.15, -0.1) is 0 Å². The highest BCUT2D eigenvalue weighted by atomic mass is 32.2. The number of anilines is 1. The standard InChI is InChI=1S/C22H30N2O3S/c1-5-28-24-8-9-26-22-12-21(27-14-17-6-7-17)19(11-20(22)24)18(10-16(2)3)13-23(4)15-25/h10-13,15,17H,5-9,14H2,1-4H3/b18-13+. The molecule has 3 rings (SSSR count). The SMILES string of the molecule is CCSN1CCOc2cc(OCC3CC3)c(/C(C=C(C)C)=C/N(C)C=O)cc21. The zero-order chi connectivity index (χ0) is 20.1. The van der Waals surface area contributed by atoms with E-state index in [1.165, 1.54) is 17.7 Å². The van der Waals surface area contributed by atoms with Crippen LogP contribution in [0.2, 0.25) is 0 Å². The van der Waals surface area contributed by atoms with Gasteiger partial charge < -0.3 is 18.7 Å². The molecule has 1 aromatic carbocycles. The summed E-state index contributed by atoms with van der Waals surface area (Å²) in [6.07, 6.45) is 7.23. The van der Waals surface area contributed by atoms with E-state index in [1.807, 2.05) is 12.3 Å². The van der Waals surface area contributed by atoms with Crippen molar-refractivity contribution >= 4 is 29.6 Å². The van der Waals surface area contributed by atoms with Crippen molar-refractivity contribution < 1.29 is 14.3 Å². The predicted molar refractivity (Wildman–Crippen MR) is 117 cm³/mol. The molecule has 1 aromatic rings. The monoisotopic (exact) mass is 402 g/mol. The predicted octanol–water partition coefficient (Wildman–Crippen LogP) is 4.74. The first-order valence-corrected chi connectivity index (χ1v) is 10.8. The largest absolute Gasteiger partial charge is 0.493 e. The van der Waals surface area contributed by atoms with Crippen molar-refractivity contribution in [3.05, 3.63) is 35.5 Å². The first-order chi connectivity index (χ1) is 13.5. The highest BCUT2D eigenvalue weighted by Crippen LogP contribution is 2.43. The van der Waals surface area contributed by atoms with Crippen molar-refractivity contribution in [1.29, 1.82) is 0 Å². The molecule has 0 N–H and O–H groups in total. The van der Waals surface area contributed by atoms with Crippen LogP contribution < -0.4 is 13.8 Å². The number of carbonyl (C=O) groups is 1. The molecular weight excluding hydrogens is 372 g/mol. The van der Waals surface area contributed by atoms with Gasteiger partial charge in [0.05, 0.1) is 18.8 Å². The van der Waals surface area contributed by atoms with Gasteiger partial charge in [-0.05, 0) is 50.6 Å². The molecule has 0 unspecified atom stereocenters. The fourth-order valence-electron chi connectivity index (χ4n) is 3.09. The number of allylic oxidation sites excluding steroid dienone is 3. The third-order valence-corrected chi connectivity index (χ3v) is 5.55. The van der Waals surface area contributed by atoms with Gasteiger partial charge in [0.15, 0.2) is 0 Å². The van der Waals surface area contributed by atoms with E-state index in [0.717, 1.165) is 59.2 Å². The Bertz CT molecular complexity index is 767. The number of hydrogen-bond acceptors (Lipinski definition) is 5. The lowest BCUT2D eigenvalue weighted by Gasteiger charge is -2.31. The molecule has 0 bridgehead atoms. The Labute approximate surface area is 172 Å². The van der Waals surface area contributed by atoms with E-state index in [0.29, 0.717) is 12.5 Å². The molecule has 0 saturated heterocycles. The van der Waals surface area contributed by atoms with Gasteiger partial charge >= 0.3 is 0 Å². The average molecular weight is 403 g/mol. The van der Waals surface area contributed by atoms with E-state index in [1.54, 1.807) is 19.0 Å². The zero-order valence-corrected chi connectivity index (χ0v) is 18.1. The Morgan fingerprint density at radius 1 is 1.39 bits per heavy atom. The molecule has 0 atom stereocenters. The minimum atomic E-state index is 0.658. The summed E-state index contributed by atoms with van der Waals surface area (Å²) in [5.41, 5.74) is 4.16. The molecule has 6 heteroatoms. The minimum absolute atomic E-state index is 0.658. The third-order valence-electron chi connectivity index (χ3n) is 4.60. The highest BCUT2D eigenvalue weighted by molar-refractivity contribution is 8.00. The van der Waals surface area contributed by atoms with Crippen molar-refractivity contribution in [2.75, 3.05) is 36.9 Å². The maximum Gasteiger partial charge on any atom is 0.213 e. The van der Waals surface area contributed by atoms with Crippen LogP contribution in [-0.2, 0) is 4.79 Å². The molecule has 1 saturated carbocycles. The normalized spacial score (nSPS) is 16.1. The summed E-state index contributed by atoms with van der Waals surface area (Å²) in [5.74, 6) is 3.34. The van der Waals surface area contributed by atoms with Crippen LogP contribution in [0.5, 0.6) is 11.5 Å². The molecule has 1 heterocycles. The van der Waals surface area contributed by atoms with Crippen LogP contribution in [0.15, 0.2) is 30.0 Å². The number of nitrogens with zero attached hydrogens (tertiary/aromatic N) is 2. The van der Waals surface area contributed by atoms with Gasteiger partial charge in [-0.3, -0.25) is 4.79 Å². The lowest BCUT2D eigenvalue weighted by Crippen LogP contribution is -2.27. The molecule has 1 aliphatic carbocycles. The Morgan fingerprint density at radius 3 is 2.82 bits per heavy atom. The second-order valence-electron chi connectivity index (χ2n) is 7.52. The van der Waals surface area contributed by atoms with E-state index in [-0.39, 0.29) is 0 Å². The molecule has 0 aromatic heterocycles. The number of hydrogen-bond donors (Lipinski definition) is 0. The molecule has 0 spiro atoms. The zero-order valence-electron chi connectivity index (χ0n) is 17.2. The van der Waals surface area contributed by atoms with Crippen LogP contribution >= 0.6 is 11.9 Å². The van der Waals surface area contributed by atoms with E-state index in [2.05, 4.69) is 37.2 Å². The van der Waals surface area contributed by atoms with Crippen molar-refractivity contribution in [3.63, 3.8) is 0 Å². The van der Waals surface area contributed by atoms with Crippen molar-refractivity contribution in [1.82, 2.24) is 4.90 Å². The van der Waals surface area contributed by atoms with Gasteiger partial charge in [-0.25, -0.2) is 0 Å². The summed E-state index contributed by atoms with van der Waals surface area (Å²) in [7, 11) is 1.75. The molecule has 0 radical (unpaired) electrons. The van der Waals surface area contributed by atoms with Crippen LogP contribution in [0.4, 0.5) is 5.69 Å². The quantitative estimate of drug-likeness (QED) is 0.339. The summed E-state index contributed by atoms with van der Waals surface area (Å²) < 4.78 is 14.5. The summed E-state index contributed by atoms with van der Waals surface area (Å²) in [6, 6.07) is 4.16. The van der Waals surface area contributed by atoms with E-state index in [4.69, 9.17) is 9.47 Å². The summed E-state index contributed by atoms with van der Waals surface area (Å²) in [6.45, 7) is 8.52. The van der Waals surface area contributed by atoms with Crippen LogP contribution in [0.1, 0.15) is 39.2 Å².